The van der Waals surface area contributed by atoms with Crippen molar-refractivity contribution in [2.24, 2.45) is 11.1 Å². The molecule has 0 aromatic rings. The average molecular weight is 284 g/mol. The van der Waals surface area contributed by atoms with E-state index in [1.165, 1.54) is 12.8 Å². The lowest BCUT2D eigenvalue weighted by molar-refractivity contribution is -0.128. The van der Waals surface area contributed by atoms with Gasteiger partial charge in [0.05, 0.1) is 16.5 Å². The summed E-state index contributed by atoms with van der Waals surface area (Å²) in [6, 6.07) is 0. The fourth-order valence-electron chi connectivity index (χ4n) is 3.10. The molecule has 3 N–H and O–H groups in total. The summed E-state index contributed by atoms with van der Waals surface area (Å²) in [7, 11) is 0. The van der Waals surface area contributed by atoms with Crippen molar-refractivity contribution in [3.8, 4) is 0 Å². The summed E-state index contributed by atoms with van der Waals surface area (Å²) in [5.41, 5.74) is 5.28. The number of nitrogens with one attached hydrogen (secondary N) is 1. The van der Waals surface area contributed by atoms with Gasteiger partial charge < -0.3 is 15.8 Å². The molecule has 1 heterocycles. The van der Waals surface area contributed by atoms with Gasteiger partial charge in [0.2, 0.25) is 5.91 Å². The maximum atomic E-state index is 12.5. The Morgan fingerprint density at radius 1 is 1.26 bits per heavy atom. The monoisotopic (exact) mass is 284 g/mol. The fourth-order valence-corrected chi connectivity index (χ4v) is 3.40. The zero-order chi connectivity index (χ0) is 13.7. The topological polar surface area (TPSA) is 64.4 Å². The molecule has 0 bridgehead atoms. The molecule has 1 aliphatic carbocycles. The van der Waals surface area contributed by atoms with Gasteiger partial charge >= 0.3 is 0 Å². The number of hydrogen-bond donors (Lipinski definition) is 2. The summed E-state index contributed by atoms with van der Waals surface area (Å²) in [5.74, 6) is 0.0115. The average Bonchev–Trinajstić information content (AvgIpc) is 2.78. The van der Waals surface area contributed by atoms with Gasteiger partial charge in [0.1, 0.15) is 0 Å². The van der Waals surface area contributed by atoms with E-state index in [1.807, 2.05) is 0 Å². The molecule has 4 nitrogen and oxygen atoms in total. The van der Waals surface area contributed by atoms with Crippen LogP contribution in [0.25, 0.3) is 0 Å². The highest BCUT2D eigenvalue weighted by atomic mass is 32.1. The lowest BCUT2D eigenvalue weighted by Crippen LogP contribution is -2.50. The van der Waals surface area contributed by atoms with E-state index in [1.54, 1.807) is 0 Å². The second-order valence-electron chi connectivity index (χ2n) is 5.71. The molecular weight excluding hydrogens is 260 g/mol. The van der Waals surface area contributed by atoms with E-state index >= 15 is 0 Å². The van der Waals surface area contributed by atoms with Crippen LogP contribution < -0.4 is 11.1 Å². The van der Waals surface area contributed by atoms with Gasteiger partial charge in [0.25, 0.3) is 0 Å². The molecule has 1 saturated heterocycles. The Bertz CT molecular complexity index is 332. The standard InChI is InChI=1S/C14H24N2O2S/c15-12(19)14(7-3-1-2-4-8-14)13(17)16-10-11-6-5-9-18-11/h11H,1-10H2,(H2,15,19)(H,16,17). The van der Waals surface area contributed by atoms with E-state index in [9.17, 15) is 4.79 Å². The van der Waals surface area contributed by atoms with Crippen molar-refractivity contribution in [2.75, 3.05) is 13.2 Å². The van der Waals surface area contributed by atoms with Gasteiger partial charge in [-0.2, -0.15) is 0 Å². The van der Waals surface area contributed by atoms with Gasteiger partial charge in [0.15, 0.2) is 0 Å². The fraction of sp³-hybridized carbons (Fsp3) is 0.857. The maximum Gasteiger partial charge on any atom is 0.233 e. The van der Waals surface area contributed by atoms with Crippen molar-refractivity contribution < 1.29 is 9.53 Å². The highest BCUT2D eigenvalue weighted by Gasteiger charge is 2.41. The van der Waals surface area contributed by atoms with Crippen LogP contribution in [-0.4, -0.2) is 30.2 Å². The number of hydrogen-bond acceptors (Lipinski definition) is 3. The summed E-state index contributed by atoms with van der Waals surface area (Å²) < 4.78 is 5.53. The zero-order valence-electron chi connectivity index (χ0n) is 11.5. The Morgan fingerprint density at radius 2 is 1.95 bits per heavy atom. The van der Waals surface area contributed by atoms with Gasteiger partial charge in [-0.05, 0) is 25.7 Å². The molecule has 108 valence electrons. The van der Waals surface area contributed by atoms with Crippen LogP contribution in [0.1, 0.15) is 51.4 Å². The third-order valence-corrected chi connectivity index (χ3v) is 4.77. The largest absolute Gasteiger partial charge is 0.392 e. The van der Waals surface area contributed by atoms with Crippen molar-refractivity contribution in [3.63, 3.8) is 0 Å². The Kier molecular flexibility index (Phi) is 5.16. The SMILES string of the molecule is NC(=S)C1(C(=O)NCC2CCCO2)CCCCCC1. The molecule has 5 heteroatoms. The molecule has 0 aromatic heterocycles. The first-order valence-corrected chi connectivity index (χ1v) is 7.76. The van der Waals surface area contributed by atoms with Gasteiger partial charge in [-0.15, -0.1) is 0 Å². The Balaban J connectivity index is 1.96. The minimum Gasteiger partial charge on any atom is -0.392 e. The number of carbonyl (C=O) groups is 1. The minimum absolute atomic E-state index is 0.0115. The Morgan fingerprint density at radius 3 is 2.47 bits per heavy atom. The molecule has 1 aliphatic heterocycles. The first-order chi connectivity index (χ1) is 9.15. The smallest absolute Gasteiger partial charge is 0.233 e. The first kappa shape index (κ1) is 14.7. The van der Waals surface area contributed by atoms with E-state index in [0.717, 1.165) is 45.1 Å². The van der Waals surface area contributed by atoms with Crippen molar-refractivity contribution in [2.45, 2.75) is 57.5 Å². The van der Waals surface area contributed by atoms with Gasteiger partial charge in [-0.25, -0.2) is 0 Å². The van der Waals surface area contributed by atoms with Crippen LogP contribution >= 0.6 is 12.2 Å². The number of nitrogens with two attached hydrogens (primary N) is 1. The second kappa shape index (κ2) is 6.66. The van der Waals surface area contributed by atoms with Crippen LogP contribution in [0.4, 0.5) is 0 Å². The van der Waals surface area contributed by atoms with E-state index in [-0.39, 0.29) is 12.0 Å². The van der Waals surface area contributed by atoms with Crippen molar-refractivity contribution in [1.82, 2.24) is 5.32 Å². The maximum absolute atomic E-state index is 12.5. The van der Waals surface area contributed by atoms with Gasteiger partial charge in [0, 0.05) is 13.2 Å². The number of amides is 1. The van der Waals surface area contributed by atoms with E-state index in [0.29, 0.717) is 11.5 Å². The highest BCUT2D eigenvalue weighted by Crippen LogP contribution is 2.35. The quantitative estimate of drug-likeness (QED) is 0.611. The molecule has 2 fully saturated rings. The lowest BCUT2D eigenvalue weighted by Gasteiger charge is -2.30. The molecular formula is C14H24N2O2S. The summed E-state index contributed by atoms with van der Waals surface area (Å²) in [6.45, 7) is 1.39. The van der Waals surface area contributed by atoms with Crippen molar-refractivity contribution in [3.05, 3.63) is 0 Å². The number of rotatable bonds is 4. The number of ether oxygens (including phenoxy) is 1. The van der Waals surface area contributed by atoms with Crippen molar-refractivity contribution in [1.29, 1.82) is 0 Å². The van der Waals surface area contributed by atoms with Crippen LogP contribution in [0, 0.1) is 5.41 Å². The zero-order valence-corrected chi connectivity index (χ0v) is 12.3. The molecule has 0 spiro atoms. The van der Waals surface area contributed by atoms with Crippen LogP contribution in [0.2, 0.25) is 0 Å². The number of carbonyl (C=O) groups excluding carboxylic acids is 1. The van der Waals surface area contributed by atoms with E-state index in [2.05, 4.69) is 5.32 Å². The molecule has 19 heavy (non-hydrogen) atoms. The summed E-state index contributed by atoms with van der Waals surface area (Å²) in [4.78, 5) is 12.9. The van der Waals surface area contributed by atoms with Gasteiger partial charge in [-0.3, -0.25) is 4.79 Å². The second-order valence-corrected chi connectivity index (χ2v) is 6.15. The van der Waals surface area contributed by atoms with Crippen LogP contribution in [0.3, 0.4) is 0 Å². The molecule has 1 atom stereocenters. The normalized spacial score (nSPS) is 26.6. The molecule has 1 unspecified atom stereocenters. The van der Waals surface area contributed by atoms with Crippen LogP contribution in [0.5, 0.6) is 0 Å². The number of thiocarbonyl (C=S) groups is 1. The Hall–Kier alpha value is -0.680. The molecule has 0 radical (unpaired) electrons. The Labute approximate surface area is 120 Å². The minimum atomic E-state index is -0.621. The van der Waals surface area contributed by atoms with E-state index in [4.69, 9.17) is 22.7 Å². The van der Waals surface area contributed by atoms with E-state index < -0.39 is 5.41 Å². The third kappa shape index (κ3) is 3.45. The van der Waals surface area contributed by atoms with Crippen LogP contribution in [0.15, 0.2) is 0 Å². The third-order valence-electron chi connectivity index (χ3n) is 4.38. The highest BCUT2D eigenvalue weighted by molar-refractivity contribution is 7.80. The summed E-state index contributed by atoms with van der Waals surface area (Å²) >= 11 is 5.20. The van der Waals surface area contributed by atoms with Crippen molar-refractivity contribution >= 4 is 23.1 Å². The van der Waals surface area contributed by atoms with Crippen LogP contribution in [-0.2, 0) is 9.53 Å². The summed E-state index contributed by atoms with van der Waals surface area (Å²) in [6.07, 6.45) is 8.26. The predicted molar refractivity (Wildman–Crippen MR) is 78.9 cm³/mol. The molecule has 2 aliphatic rings. The predicted octanol–water partition coefficient (Wildman–Crippen LogP) is 1.91. The lowest BCUT2D eigenvalue weighted by atomic mass is 9.79. The molecule has 2 rings (SSSR count). The molecule has 1 saturated carbocycles. The van der Waals surface area contributed by atoms with Gasteiger partial charge in [-0.1, -0.05) is 37.9 Å². The molecule has 0 aromatic carbocycles. The first-order valence-electron chi connectivity index (χ1n) is 7.35. The summed E-state index contributed by atoms with van der Waals surface area (Å²) in [5, 5.41) is 3.01. The molecule has 1 amide bonds.